The lowest BCUT2D eigenvalue weighted by Gasteiger charge is -2.12. The van der Waals surface area contributed by atoms with E-state index in [0.717, 1.165) is 7.11 Å². The molecule has 8 heteroatoms. The number of rotatable bonds is 1. The van der Waals surface area contributed by atoms with Crippen LogP contribution in [0.25, 0.3) is 11.3 Å². The SMILES string of the molecule is COC(=O)c1nc2c(s1)C(F)(F)COc1ccc(C#CC(C)(C)O)cc1-2. The van der Waals surface area contributed by atoms with Gasteiger partial charge in [0.1, 0.15) is 16.2 Å². The van der Waals surface area contributed by atoms with Gasteiger partial charge in [-0.15, -0.1) is 11.3 Å². The number of thiazole rings is 1. The Kier molecular flexibility index (Phi) is 4.46. The van der Waals surface area contributed by atoms with Crippen molar-refractivity contribution in [3.8, 4) is 28.8 Å². The minimum Gasteiger partial charge on any atom is -0.486 e. The molecule has 0 atom stereocenters. The summed E-state index contributed by atoms with van der Waals surface area (Å²) in [5.41, 5.74) is -0.413. The number of ether oxygens (including phenoxy) is 2. The van der Waals surface area contributed by atoms with E-state index in [4.69, 9.17) is 4.74 Å². The molecular weight excluding hydrogens is 364 g/mol. The van der Waals surface area contributed by atoms with E-state index in [1.54, 1.807) is 12.1 Å². The summed E-state index contributed by atoms with van der Waals surface area (Å²) in [5, 5.41) is 9.57. The molecular formula is C18H15F2NO4S. The molecule has 0 bridgehead atoms. The van der Waals surface area contributed by atoms with Gasteiger partial charge in [0, 0.05) is 11.1 Å². The molecule has 1 aliphatic rings. The van der Waals surface area contributed by atoms with Crippen LogP contribution < -0.4 is 4.74 Å². The molecule has 2 aromatic rings. The van der Waals surface area contributed by atoms with E-state index < -0.39 is 24.1 Å². The highest BCUT2D eigenvalue weighted by Gasteiger charge is 2.42. The number of alkyl halides is 2. The first-order valence-corrected chi connectivity index (χ1v) is 8.42. The summed E-state index contributed by atoms with van der Waals surface area (Å²) >= 11 is 0.584. The maximum Gasteiger partial charge on any atom is 0.367 e. The van der Waals surface area contributed by atoms with Crippen molar-refractivity contribution in [1.29, 1.82) is 0 Å². The van der Waals surface area contributed by atoms with Crippen LogP contribution in [0.15, 0.2) is 18.2 Å². The van der Waals surface area contributed by atoms with Gasteiger partial charge in [0.25, 0.3) is 0 Å². The Balaban J connectivity index is 2.17. The molecule has 5 nitrogen and oxygen atoms in total. The Hall–Kier alpha value is -2.50. The number of carbonyl (C=O) groups is 1. The normalized spacial score (nSPS) is 14.8. The summed E-state index contributed by atoms with van der Waals surface area (Å²) in [5.74, 6) is 1.59. The number of aromatic nitrogens is 1. The molecule has 0 unspecified atom stereocenters. The topological polar surface area (TPSA) is 68.7 Å². The number of aliphatic hydroxyl groups is 1. The smallest absolute Gasteiger partial charge is 0.367 e. The zero-order valence-electron chi connectivity index (χ0n) is 14.2. The van der Waals surface area contributed by atoms with Gasteiger partial charge in [-0.1, -0.05) is 11.8 Å². The molecule has 3 rings (SSSR count). The molecule has 0 spiro atoms. The zero-order chi connectivity index (χ0) is 19.1. The summed E-state index contributed by atoms with van der Waals surface area (Å²) in [6.45, 7) is 2.22. The molecule has 2 heterocycles. The van der Waals surface area contributed by atoms with Crippen LogP contribution in [0, 0.1) is 11.8 Å². The van der Waals surface area contributed by atoms with Crippen LogP contribution in [0.2, 0.25) is 0 Å². The first-order valence-electron chi connectivity index (χ1n) is 7.61. The molecule has 136 valence electrons. The summed E-state index contributed by atoms with van der Waals surface area (Å²) < 4.78 is 38.7. The van der Waals surface area contributed by atoms with E-state index in [1.807, 2.05) is 0 Å². The van der Waals surface area contributed by atoms with Gasteiger partial charge in [-0.3, -0.25) is 0 Å². The quantitative estimate of drug-likeness (QED) is 0.609. The van der Waals surface area contributed by atoms with Crippen LogP contribution in [-0.2, 0) is 10.7 Å². The van der Waals surface area contributed by atoms with Gasteiger partial charge in [-0.05, 0) is 32.0 Å². The first kappa shape index (κ1) is 18.3. The van der Waals surface area contributed by atoms with Gasteiger partial charge in [0.15, 0.2) is 6.61 Å². The average Bonchev–Trinajstić information content (AvgIpc) is 2.99. The fraction of sp³-hybridized carbons (Fsp3) is 0.333. The van der Waals surface area contributed by atoms with Gasteiger partial charge in [0.05, 0.1) is 12.8 Å². The Bertz CT molecular complexity index is 935. The lowest BCUT2D eigenvalue weighted by molar-refractivity contribution is -0.0412. The number of nitrogens with zero attached hydrogens (tertiary/aromatic N) is 1. The number of carbonyl (C=O) groups excluding carboxylic acids is 1. The highest BCUT2D eigenvalue weighted by Crippen LogP contribution is 2.46. The Morgan fingerprint density at radius 1 is 1.46 bits per heavy atom. The molecule has 1 N–H and O–H groups in total. The second-order valence-electron chi connectivity index (χ2n) is 6.20. The van der Waals surface area contributed by atoms with Crippen molar-refractivity contribution in [1.82, 2.24) is 4.98 Å². The average molecular weight is 379 g/mol. The Labute approximate surface area is 152 Å². The van der Waals surface area contributed by atoms with Crippen molar-refractivity contribution in [2.75, 3.05) is 13.7 Å². The van der Waals surface area contributed by atoms with Crippen LogP contribution in [0.4, 0.5) is 8.78 Å². The molecule has 0 amide bonds. The minimum atomic E-state index is -3.29. The van der Waals surface area contributed by atoms with Crippen molar-refractivity contribution in [3.05, 3.63) is 33.6 Å². The lowest BCUT2D eigenvalue weighted by atomic mass is 10.0. The van der Waals surface area contributed by atoms with E-state index >= 15 is 0 Å². The Morgan fingerprint density at radius 3 is 2.85 bits per heavy atom. The molecule has 1 aromatic carbocycles. The minimum absolute atomic E-state index is 0.0280. The van der Waals surface area contributed by atoms with Crippen molar-refractivity contribution in [3.63, 3.8) is 0 Å². The third-order valence-corrected chi connectivity index (χ3v) is 4.62. The summed E-state index contributed by atoms with van der Waals surface area (Å²) in [4.78, 5) is 15.4. The van der Waals surface area contributed by atoms with Gasteiger partial charge < -0.3 is 14.6 Å². The van der Waals surface area contributed by atoms with Crippen LogP contribution >= 0.6 is 11.3 Å². The molecule has 1 aromatic heterocycles. The number of methoxy groups -OCH3 is 1. The number of benzene rings is 1. The van der Waals surface area contributed by atoms with Crippen LogP contribution in [0.5, 0.6) is 5.75 Å². The van der Waals surface area contributed by atoms with Crippen molar-refractivity contribution >= 4 is 17.3 Å². The lowest BCUT2D eigenvalue weighted by Crippen LogP contribution is -2.20. The number of halogens is 2. The highest BCUT2D eigenvalue weighted by atomic mass is 32.1. The third kappa shape index (κ3) is 3.54. The molecule has 0 radical (unpaired) electrons. The molecule has 1 aliphatic heterocycles. The molecule has 26 heavy (non-hydrogen) atoms. The largest absolute Gasteiger partial charge is 0.486 e. The maximum atomic E-state index is 14.4. The van der Waals surface area contributed by atoms with E-state index in [1.165, 1.54) is 19.9 Å². The molecule has 0 saturated carbocycles. The van der Waals surface area contributed by atoms with Crippen LogP contribution in [-0.4, -0.2) is 35.4 Å². The Morgan fingerprint density at radius 2 is 2.19 bits per heavy atom. The number of hydrogen-bond acceptors (Lipinski definition) is 6. The van der Waals surface area contributed by atoms with Crippen molar-refractivity contribution < 1.29 is 28.2 Å². The van der Waals surface area contributed by atoms with E-state index in [-0.39, 0.29) is 21.3 Å². The number of fused-ring (bicyclic) bond motifs is 3. The first-order chi connectivity index (χ1) is 12.1. The van der Waals surface area contributed by atoms with Gasteiger partial charge in [0.2, 0.25) is 5.01 Å². The van der Waals surface area contributed by atoms with Crippen LogP contribution in [0.3, 0.4) is 0 Å². The fourth-order valence-electron chi connectivity index (χ4n) is 2.30. The predicted molar refractivity (Wildman–Crippen MR) is 91.5 cm³/mol. The van der Waals surface area contributed by atoms with E-state index in [2.05, 4.69) is 21.6 Å². The maximum absolute atomic E-state index is 14.4. The van der Waals surface area contributed by atoms with Gasteiger partial charge in [-0.2, -0.15) is 8.78 Å². The highest BCUT2D eigenvalue weighted by molar-refractivity contribution is 7.14. The molecule has 0 saturated heterocycles. The van der Waals surface area contributed by atoms with E-state index in [0.29, 0.717) is 22.5 Å². The van der Waals surface area contributed by atoms with Crippen molar-refractivity contribution in [2.45, 2.75) is 25.4 Å². The zero-order valence-corrected chi connectivity index (χ0v) is 15.0. The summed E-state index contributed by atoms with van der Waals surface area (Å²) in [7, 11) is 1.16. The molecule has 0 fully saturated rings. The predicted octanol–water partition coefficient (Wildman–Crippen LogP) is 3.20. The number of hydrogen-bond donors (Lipinski definition) is 1. The standard InChI is InChI=1S/C18H15F2NO4S/c1-17(2,23)7-6-10-4-5-12-11(8-10)13-14(18(19,20)9-25-12)26-15(21-13)16(22)24-3/h4-5,8,23H,9H2,1-3H3. The second kappa shape index (κ2) is 6.34. The second-order valence-corrected chi connectivity index (χ2v) is 7.20. The van der Waals surface area contributed by atoms with Gasteiger partial charge >= 0.3 is 11.9 Å². The molecule has 0 aliphatic carbocycles. The fourth-order valence-corrected chi connectivity index (χ4v) is 3.26. The van der Waals surface area contributed by atoms with Crippen LogP contribution in [0.1, 0.15) is 34.1 Å². The summed E-state index contributed by atoms with van der Waals surface area (Å²) in [6.07, 6.45) is 0. The van der Waals surface area contributed by atoms with Gasteiger partial charge in [-0.25, -0.2) is 9.78 Å². The summed E-state index contributed by atoms with van der Waals surface area (Å²) in [6, 6.07) is 4.68. The number of esters is 1. The van der Waals surface area contributed by atoms with Crippen molar-refractivity contribution in [2.24, 2.45) is 0 Å². The third-order valence-electron chi connectivity index (χ3n) is 3.48. The van der Waals surface area contributed by atoms with E-state index in [9.17, 15) is 18.7 Å². The monoisotopic (exact) mass is 379 g/mol.